The summed E-state index contributed by atoms with van der Waals surface area (Å²) in [5.74, 6) is 0. The molecule has 0 radical (unpaired) electrons. The topological polar surface area (TPSA) is 35.2 Å². The maximum Gasteiger partial charge on any atom is 0.0738 e. The number of ether oxygens (including phenoxy) is 1. The normalized spacial score (nSPS) is 43.0. The molecule has 1 saturated carbocycles. The van der Waals surface area contributed by atoms with Crippen LogP contribution in [-0.2, 0) is 4.74 Å². The van der Waals surface area contributed by atoms with E-state index in [9.17, 15) is 0 Å². The lowest BCUT2D eigenvalue weighted by Gasteiger charge is -1.85. The van der Waals surface area contributed by atoms with Gasteiger partial charge in [0.25, 0.3) is 0 Å². The molecule has 1 aliphatic carbocycles. The van der Waals surface area contributed by atoms with E-state index in [1.54, 1.807) is 7.11 Å². The van der Waals surface area contributed by atoms with Gasteiger partial charge in [-0.15, -0.1) is 0 Å². The molecule has 0 bridgehead atoms. The van der Waals surface area contributed by atoms with Crippen LogP contribution in [0.25, 0.3) is 0 Å². The third kappa shape index (κ3) is 0.533. The molecule has 0 amide bonds. The first-order valence-corrected chi connectivity index (χ1v) is 2.13. The predicted molar refractivity (Wildman–Crippen MR) is 23.4 cm³/mol. The Hall–Kier alpha value is -0.0800. The highest BCUT2D eigenvalue weighted by atomic mass is 16.5. The molecule has 0 spiro atoms. The second kappa shape index (κ2) is 1.21. The minimum Gasteiger partial charge on any atom is -0.380 e. The van der Waals surface area contributed by atoms with E-state index in [2.05, 4.69) is 0 Å². The van der Waals surface area contributed by atoms with E-state index in [0.717, 1.165) is 6.42 Å². The predicted octanol–water partition coefficient (Wildman–Crippen LogP) is -0.268. The molecule has 0 aliphatic heterocycles. The Morgan fingerprint density at radius 2 is 2.33 bits per heavy atom. The monoisotopic (exact) mass is 87.1 g/mol. The fourth-order valence-electron chi connectivity index (χ4n) is 0.461. The van der Waals surface area contributed by atoms with Crippen molar-refractivity contribution < 1.29 is 4.74 Å². The van der Waals surface area contributed by atoms with Crippen molar-refractivity contribution in [2.75, 3.05) is 7.11 Å². The Morgan fingerprint density at radius 3 is 2.33 bits per heavy atom. The van der Waals surface area contributed by atoms with Gasteiger partial charge in [0.2, 0.25) is 0 Å². The van der Waals surface area contributed by atoms with Gasteiger partial charge in [0, 0.05) is 13.2 Å². The van der Waals surface area contributed by atoms with Crippen molar-refractivity contribution in [3.8, 4) is 0 Å². The van der Waals surface area contributed by atoms with E-state index in [1.807, 2.05) is 0 Å². The first-order valence-electron chi connectivity index (χ1n) is 2.13. The number of methoxy groups -OCH3 is 1. The van der Waals surface area contributed by atoms with Crippen LogP contribution in [0, 0.1) is 0 Å². The zero-order valence-corrected chi connectivity index (χ0v) is 3.85. The zero-order chi connectivity index (χ0) is 4.57. The Kier molecular flexibility index (Phi) is 0.821. The number of nitrogens with two attached hydrogens (primary N) is 1. The lowest BCUT2D eigenvalue weighted by Crippen LogP contribution is -2.05. The fourth-order valence-corrected chi connectivity index (χ4v) is 0.461. The summed E-state index contributed by atoms with van der Waals surface area (Å²) in [7, 11) is 1.69. The Morgan fingerprint density at radius 1 is 1.83 bits per heavy atom. The molecular formula is C4H9NO. The van der Waals surface area contributed by atoms with E-state index >= 15 is 0 Å². The van der Waals surface area contributed by atoms with E-state index in [4.69, 9.17) is 10.5 Å². The maximum absolute atomic E-state index is 5.35. The summed E-state index contributed by atoms with van der Waals surface area (Å²) >= 11 is 0. The summed E-state index contributed by atoms with van der Waals surface area (Å²) in [6.07, 6.45) is 1.43. The molecule has 6 heavy (non-hydrogen) atoms. The summed E-state index contributed by atoms with van der Waals surface area (Å²) in [5.41, 5.74) is 5.35. The molecule has 2 heteroatoms. The molecule has 1 fully saturated rings. The molecule has 0 aromatic heterocycles. The zero-order valence-electron chi connectivity index (χ0n) is 3.85. The van der Waals surface area contributed by atoms with E-state index in [-0.39, 0.29) is 0 Å². The molecule has 1 unspecified atom stereocenters. The molecule has 0 aromatic rings. The lowest BCUT2D eigenvalue weighted by atomic mass is 10.7. The first-order chi connectivity index (χ1) is 2.84. The van der Waals surface area contributed by atoms with Crippen molar-refractivity contribution in [2.24, 2.45) is 5.73 Å². The number of rotatable bonds is 1. The van der Waals surface area contributed by atoms with E-state index in [0.29, 0.717) is 12.1 Å². The molecule has 0 saturated heterocycles. The summed E-state index contributed by atoms with van der Waals surface area (Å²) in [4.78, 5) is 0. The molecular weight excluding hydrogens is 78.0 g/mol. The van der Waals surface area contributed by atoms with Crippen molar-refractivity contribution in [3.63, 3.8) is 0 Å². The quantitative estimate of drug-likeness (QED) is 0.478. The Balaban J connectivity index is 2.09. The standard InChI is InChI=1S/C4H9NO/c1-6-4-2-3(4)5/h3-4H,2,5H2,1H3/t3-,4?/m1/s1. The second-order valence-corrected chi connectivity index (χ2v) is 1.67. The van der Waals surface area contributed by atoms with Crippen LogP contribution in [0.3, 0.4) is 0 Å². The van der Waals surface area contributed by atoms with Crippen molar-refractivity contribution in [1.29, 1.82) is 0 Å². The summed E-state index contributed by atoms with van der Waals surface area (Å²) < 4.78 is 4.85. The average Bonchev–Trinajstić information content (AvgIpc) is 2.19. The van der Waals surface area contributed by atoms with Gasteiger partial charge in [-0.25, -0.2) is 0 Å². The molecule has 0 aromatic carbocycles. The lowest BCUT2D eigenvalue weighted by molar-refractivity contribution is 0.178. The average molecular weight is 87.1 g/mol. The largest absolute Gasteiger partial charge is 0.380 e. The Bertz CT molecular complexity index is 53.5. The second-order valence-electron chi connectivity index (χ2n) is 1.67. The highest BCUT2D eigenvalue weighted by Gasteiger charge is 2.32. The van der Waals surface area contributed by atoms with Crippen LogP contribution in [0.2, 0.25) is 0 Å². The van der Waals surface area contributed by atoms with Gasteiger partial charge in [-0.05, 0) is 6.42 Å². The fraction of sp³-hybridized carbons (Fsp3) is 1.00. The van der Waals surface area contributed by atoms with Crippen molar-refractivity contribution in [1.82, 2.24) is 0 Å². The van der Waals surface area contributed by atoms with Crippen LogP contribution < -0.4 is 5.73 Å². The van der Waals surface area contributed by atoms with Crippen LogP contribution in [0.4, 0.5) is 0 Å². The van der Waals surface area contributed by atoms with Gasteiger partial charge in [0.15, 0.2) is 0 Å². The molecule has 36 valence electrons. The van der Waals surface area contributed by atoms with Crippen molar-refractivity contribution in [3.05, 3.63) is 0 Å². The minimum absolute atomic E-state index is 0.343. The summed E-state index contributed by atoms with van der Waals surface area (Å²) in [6.45, 7) is 0. The Labute approximate surface area is 37.3 Å². The van der Waals surface area contributed by atoms with Crippen LogP contribution >= 0.6 is 0 Å². The van der Waals surface area contributed by atoms with E-state index in [1.165, 1.54) is 0 Å². The molecule has 2 nitrogen and oxygen atoms in total. The van der Waals surface area contributed by atoms with Crippen LogP contribution in [0.1, 0.15) is 6.42 Å². The maximum atomic E-state index is 5.35. The van der Waals surface area contributed by atoms with Crippen LogP contribution in [-0.4, -0.2) is 19.3 Å². The van der Waals surface area contributed by atoms with Gasteiger partial charge < -0.3 is 10.5 Å². The summed E-state index contributed by atoms with van der Waals surface area (Å²) in [6, 6.07) is 0.343. The summed E-state index contributed by atoms with van der Waals surface area (Å²) in [5, 5.41) is 0. The SMILES string of the molecule is COC1C[C@H]1N. The molecule has 1 rings (SSSR count). The molecule has 0 heterocycles. The third-order valence-electron chi connectivity index (χ3n) is 1.08. The third-order valence-corrected chi connectivity index (χ3v) is 1.08. The number of hydrogen-bond acceptors (Lipinski definition) is 2. The van der Waals surface area contributed by atoms with Gasteiger partial charge in [0.05, 0.1) is 6.10 Å². The number of hydrogen-bond donors (Lipinski definition) is 1. The molecule has 1 aliphatic rings. The van der Waals surface area contributed by atoms with Crippen LogP contribution in [0.5, 0.6) is 0 Å². The van der Waals surface area contributed by atoms with Gasteiger partial charge in [-0.1, -0.05) is 0 Å². The first kappa shape index (κ1) is 4.09. The van der Waals surface area contributed by atoms with E-state index < -0.39 is 0 Å². The molecule has 2 atom stereocenters. The highest BCUT2D eigenvalue weighted by molar-refractivity contribution is 4.90. The van der Waals surface area contributed by atoms with Gasteiger partial charge >= 0.3 is 0 Å². The minimum atomic E-state index is 0.343. The van der Waals surface area contributed by atoms with Crippen molar-refractivity contribution >= 4 is 0 Å². The highest BCUT2D eigenvalue weighted by Crippen LogP contribution is 2.20. The van der Waals surface area contributed by atoms with Crippen molar-refractivity contribution in [2.45, 2.75) is 18.6 Å². The van der Waals surface area contributed by atoms with Gasteiger partial charge in [0.1, 0.15) is 0 Å². The molecule has 2 N–H and O–H groups in total. The van der Waals surface area contributed by atoms with Gasteiger partial charge in [-0.2, -0.15) is 0 Å². The van der Waals surface area contributed by atoms with Gasteiger partial charge in [-0.3, -0.25) is 0 Å². The smallest absolute Gasteiger partial charge is 0.0738 e. The van der Waals surface area contributed by atoms with Crippen LogP contribution in [0.15, 0.2) is 0 Å².